The molecular weight excluding hydrogens is 192 g/mol. The number of aryl methyl sites for hydroxylation is 2. The van der Waals surface area contributed by atoms with E-state index in [2.05, 4.69) is 20.3 Å². The molecule has 0 aliphatic heterocycles. The van der Waals surface area contributed by atoms with Gasteiger partial charge in [-0.1, -0.05) is 0 Å². The van der Waals surface area contributed by atoms with Crippen molar-refractivity contribution in [1.82, 2.24) is 9.97 Å². The maximum atomic E-state index is 8.66. The fraction of sp³-hybridized carbons (Fsp3) is 0.500. The molecule has 1 aromatic heterocycles. The minimum atomic E-state index is 0.0658. The lowest BCUT2D eigenvalue weighted by Gasteiger charge is -2.07. The van der Waals surface area contributed by atoms with Crippen LogP contribution in [0.4, 0.5) is 11.6 Å². The van der Waals surface area contributed by atoms with Crippen LogP contribution >= 0.6 is 0 Å². The van der Waals surface area contributed by atoms with Crippen LogP contribution in [-0.4, -0.2) is 34.4 Å². The number of aliphatic imine (C=N–C) groups is 1. The zero-order chi connectivity index (χ0) is 11.3. The molecule has 0 aromatic carbocycles. The van der Waals surface area contributed by atoms with Gasteiger partial charge in [-0.05, 0) is 20.8 Å². The fourth-order valence-electron chi connectivity index (χ4n) is 1.27. The van der Waals surface area contributed by atoms with Gasteiger partial charge in [0.05, 0.1) is 18.0 Å². The molecule has 0 aliphatic carbocycles. The Balaban J connectivity index is 2.97. The molecule has 0 radical (unpaired) electrons. The molecular formula is C10H16N4O. The highest BCUT2D eigenvalue weighted by atomic mass is 16.3. The van der Waals surface area contributed by atoms with Gasteiger partial charge in [-0.3, -0.25) is 4.99 Å². The molecule has 0 saturated carbocycles. The Hall–Kier alpha value is -1.49. The Bertz CT molecular complexity index is 339. The molecule has 1 aromatic rings. The number of aromatic nitrogens is 2. The molecule has 0 spiro atoms. The summed E-state index contributed by atoms with van der Waals surface area (Å²) in [5.74, 6) is 0.536. The third kappa shape index (κ3) is 2.99. The average molecular weight is 208 g/mol. The number of hydrogen-bond acceptors (Lipinski definition) is 5. The minimum absolute atomic E-state index is 0.0658. The third-order valence-corrected chi connectivity index (χ3v) is 1.89. The number of anilines is 1. The van der Waals surface area contributed by atoms with Crippen LogP contribution in [0.3, 0.4) is 0 Å². The number of hydrogen-bond donors (Lipinski definition) is 2. The van der Waals surface area contributed by atoms with Crippen molar-refractivity contribution in [3.05, 3.63) is 11.4 Å². The maximum absolute atomic E-state index is 8.66. The largest absolute Gasteiger partial charge is 0.395 e. The summed E-state index contributed by atoms with van der Waals surface area (Å²) in [6, 6.07) is 0. The second-order valence-electron chi connectivity index (χ2n) is 3.10. The first-order valence-corrected chi connectivity index (χ1v) is 4.87. The molecule has 5 heteroatoms. The highest BCUT2D eigenvalue weighted by Gasteiger charge is 2.06. The molecule has 1 heterocycles. The molecule has 2 N–H and O–H groups in total. The van der Waals surface area contributed by atoms with Gasteiger partial charge in [-0.25, -0.2) is 9.97 Å². The Kier molecular flexibility index (Phi) is 4.17. The number of nitrogens with one attached hydrogen (secondary N) is 1. The van der Waals surface area contributed by atoms with Gasteiger partial charge in [0.15, 0.2) is 0 Å². The Morgan fingerprint density at radius 1 is 1.33 bits per heavy atom. The van der Waals surface area contributed by atoms with Crippen molar-refractivity contribution in [3.63, 3.8) is 0 Å². The monoisotopic (exact) mass is 208 g/mol. The van der Waals surface area contributed by atoms with Crippen molar-refractivity contribution in [2.45, 2.75) is 20.8 Å². The maximum Gasteiger partial charge on any atom is 0.223 e. The van der Waals surface area contributed by atoms with Crippen LogP contribution in [0.5, 0.6) is 0 Å². The van der Waals surface area contributed by atoms with E-state index in [0.717, 1.165) is 17.1 Å². The number of aliphatic hydroxyl groups excluding tert-OH is 1. The molecule has 0 bridgehead atoms. The van der Waals surface area contributed by atoms with E-state index < -0.39 is 0 Å². The molecule has 0 saturated heterocycles. The summed E-state index contributed by atoms with van der Waals surface area (Å²) in [5.41, 5.74) is 2.48. The molecule has 0 amide bonds. The van der Waals surface area contributed by atoms with Crippen molar-refractivity contribution in [2.75, 3.05) is 18.5 Å². The highest BCUT2D eigenvalue weighted by molar-refractivity contribution is 5.63. The van der Waals surface area contributed by atoms with E-state index in [1.807, 2.05) is 20.8 Å². The van der Waals surface area contributed by atoms with E-state index in [4.69, 9.17) is 5.11 Å². The molecule has 0 fully saturated rings. The first-order chi connectivity index (χ1) is 7.19. The van der Waals surface area contributed by atoms with Gasteiger partial charge < -0.3 is 10.4 Å². The molecule has 0 atom stereocenters. The molecule has 0 aliphatic rings. The Morgan fingerprint density at radius 2 is 1.93 bits per heavy atom. The summed E-state index contributed by atoms with van der Waals surface area (Å²) in [4.78, 5) is 12.7. The third-order valence-electron chi connectivity index (χ3n) is 1.89. The van der Waals surface area contributed by atoms with E-state index in [-0.39, 0.29) is 6.61 Å². The van der Waals surface area contributed by atoms with Crippen LogP contribution in [0.25, 0.3) is 0 Å². The van der Waals surface area contributed by atoms with Gasteiger partial charge in [0.2, 0.25) is 5.95 Å². The summed E-state index contributed by atoms with van der Waals surface area (Å²) < 4.78 is 0. The molecule has 1 rings (SSSR count). The summed E-state index contributed by atoms with van der Waals surface area (Å²) in [6.07, 6.45) is 1.72. The topological polar surface area (TPSA) is 70.4 Å². The van der Waals surface area contributed by atoms with Crippen LogP contribution in [0.15, 0.2) is 4.99 Å². The second kappa shape index (κ2) is 5.41. The van der Waals surface area contributed by atoms with Crippen molar-refractivity contribution in [3.8, 4) is 0 Å². The van der Waals surface area contributed by atoms with Gasteiger partial charge in [0.1, 0.15) is 5.69 Å². The summed E-state index contributed by atoms with van der Waals surface area (Å²) in [7, 11) is 0. The standard InChI is InChI=1S/C10H16N4O/c1-4-11-9-7(2)13-10(12-5-6-15)14-8(9)3/h4,15H,5-6H2,1-3H3,(H,12,13,14). The Morgan fingerprint density at radius 3 is 2.40 bits per heavy atom. The molecule has 82 valence electrons. The van der Waals surface area contributed by atoms with Crippen LogP contribution in [0.2, 0.25) is 0 Å². The second-order valence-corrected chi connectivity index (χ2v) is 3.10. The van der Waals surface area contributed by atoms with Gasteiger partial charge >= 0.3 is 0 Å². The fourth-order valence-corrected chi connectivity index (χ4v) is 1.27. The molecule has 0 unspecified atom stereocenters. The van der Waals surface area contributed by atoms with Gasteiger partial charge in [-0.2, -0.15) is 0 Å². The van der Waals surface area contributed by atoms with Crippen molar-refractivity contribution in [1.29, 1.82) is 0 Å². The quantitative estimate of drug-likeness (QED) is 0.730. The highest BCUT2D eigenvalue weighted by Crippen LogP contribution is 2.21. The van der Waals surface area contributed by atoms with E-state index in [1.165, 1.54) is 0 Å². The predicted octanol–water partition coefficient (Wildman–Crippen LogP) is 1.22. The van der Waals surface area contributed by atoms with E-state index in [9.17, 15) is 0 Å². The van der Waals surface area contributed by atoms with Gasteiger partial charge in [-0.15, -0.1) is 0 Å². The lowest BCUT2D eigenvalue weighted by molar-refractivity contribution is 0.311. The first kappa shape index (κ1) is 11.6. The zero-order valence-corrected chi connectivity index (χ0v) is 9.28. The average Bonchev–Trinajstić information content (AvgIpc) is 2.20. The number of nitrogens with zero attached hydrogens (tertiary/aromatic N) is 3. The number of rotatable bonds is 4. The van der Waals surface area contributed by atoms with E-state index >= 15 is 0 Å². The lowest BCUT2D eigenvalue weighted by Crippen LogP contribution is -2.09. The smallest absolute Gasteiger partial charge is 0.223 e. The molecule has 15 heavy (non-hydrogen) atoms. The van der Waals surface area contributed by atoms with Crippen molar-refractivity contribution >= 4 is 17.9 Å². The van der Waals surface area contributed by atoms with Crippen LogP contribution in [0.1, 0.15) is 18.3 Å². The van der Waals surface area contributed by atoms with Crippen LogP contribution < -0.4 is 5.32 Å². The van der Waals surface area contributed by atoms with E-state index in [1.54, 1.807) is 6.21 Å². The summed E-state index contributed by atoms with van der Waals surface area (Å²) >= 11 is 0. The number of aliphatic hydroxyl groups is 1. The van der Waals surface area contributed by atoms with Crippen LogP contribution in [0, 0.1) is 13.8 Å². The van der Waals surface area contributed by atoms with Crippen molar-refractivity contribution < 1.29 is 5.11 Å². The van der Waals surface area contributed by atoms with Gasteiger partial charge in [0.25, 0.3) is 0 Å². The SMILES string of the molecule is CC=Nc1c(C)nc(NCCO)nc1C. The van der Waals surface area contributed by atoms with E-state index in [0.29, 0.717) is 12.5 Å². The minimum Gasteiger partial charge on any atom is -0.395 e. The Labute approximate surface area is 89.3 Å². The summed E-state index contributed by atoms with van der Waals surface area (Å²) in [6.45, 7) is 6.16. The van der Waals surface area contributed by atoms with Crippen molar-refractivity contribution in [2.24, 2.45) is 4.99 Å². The lowest BCUT2D eigenvalue weighted by atomic mass is 10.3. The molecule has 5 nitrogen and oxygen atoms in total. The normalized spacial score (nSPS) is 10.9. The van der Waals surface area contributed by atoms with Gasteiger partial charge in [0, 0.05) is 12.8 Å². The first-order valence-electron chi connectivity index (χ1n) is 4.87. The summed E-state index contributed by atoms with van der Waals surface area (Å²) in [5, 5.41) is 11.6. The predicted molar refractivity (Wildman–Crippen MR) is 60.9 cm³/mol. The zero-order valence-electron chi connectivity index (χ0n) is 9.28. The van der Waals surface area contributed by atoms with Crippen LogP contribution in [-0.2, 0) is 0 Å².